The molecule has 0 aliphatic rings. The van der Waals surface area contributed by atoms with Crippen LogP contribution in [0.2, 0.25) is 0 Å². The van der Waals surface area contributed by atoms with Gasteiger partial charge in [-0.05, 0) is 35.3 Å². The first-order chi connectivity index (χ1) is 9.20. The predicted octanol–water partition coefficient (Wildman–Crippen LogP) is 2.22. The van der Waals surface area contributed by atoms with E-state index in [1.54, 1.807) is 6.20 Å². The smallest absolute Gasteiger partial charge is 0.283 e. The number of aromatic nitrogens is 2. The van der Waals surface area contributed by atoms with Crippen molar-refractivity contribution in [3.05, 3.63) is 21.0 Å². The normalized spacial score (nSPS) is 10.7. The third-order valence-electron chi connectivity index (χ3n) is 2.75. The summed E-state index contributed by atoms with van der Waals surface area (Å²) in [5, 5.41) is 10.7. The van der Waals surface area contributed by atoms with E-state index < -0.39 is 0 Å². The Bertz CT molecular complexity index is 433. The lowest BCUT2D eigenvalue weighted by Crippen LogP contribution is -2.26. The van der Waals surface area contributed by atoms with E-state index in [9.17, 15) is 4.79 Å². The summed E-state index contributed by atoms with van der Waals surface area (Å²) >= 11 is 3.35. The molecule has 0 amide bonds. The van der Waals surface area contributed by atoms with Crippen LogP contribution in [-0.4, -0.2) is 29.4 Å². The van der Waals surface area contributed by atoms with Crippen LogP contribution in [0.3, 0.4) is 0 Å². The Morgan fingerprint density at radius 1 is 1.26 bits per heavy atom. The van der Waals surface area contributed by atoms with E-state index in [1.807, 2.05) is 0 Å². The molecule has 0 saturated carbocycles. The van der Waals surface area contributed by atoms with E-state index in [1.165, 1.54) is 4.68 Å². The number of nitrogens with zero attached hydrogens (tertiary/aromatic N) is 2. The van der Waals surface area contributed by atoms with E-state index in [-0.39, 0.29) is 5.56 Å². The summed E-state index contributed by atoms with van der Waals surface area (Å²) in [6.07, 6.45) is 4.85. The zero-order valence-electron chi connectivity index (χ0n) is 11.7. The molecule has 0 spiro atoms. The van der Waals surface area contributed by atoms with Crippen molar-refractivity contribution in [3.63, 3.8) is 0 Å². The molecule has 5 nitrogen and oxygen atoms in total. The highest BCUT2D eigenvalue weighted by molar-refractivity contribution is 9.10. The first kappa shape index (κ1) is 16.2. The molecule has 0 unspecified atom stereocenters. The van der Waals surface area contributed by atoms with Gasteiger partial charge < -0.3 is 10.6 Å². The molecular formula is C13H23BrN4O. The van der Waals surface area contributed by atoms with Gasteiger partial charge in [0.25, 0.3) is 5.56 Å². The van der Waals surface area contributed by atoms with Crippen LogP contribution in [0.4, 0.5) is 5.69 Å². The predicted molar refractivity (Wildman–Crippen MR) is 82.8 cm³/mol. The van der Waals surface area contributed by atoms with Crippen molar-refractivity contribution in [3.8, 4) is 0 Å². The molecule has 1 aromatic rings. The molecular weight excluding hydrogens is 308 g/mol. The van der Waals surface area contributed by atoms with Gasteiger partial charge in [0, 0.05) is 19.6 Å². The highest BCUT2D eigenvalue weighted by Gasteiger charge is 2.07. The Labute approximate surface area is 122 Å². The highest BCUT2D eigenvalue weighted by atomic mass is 79.9. The fourth-order valence-corrected chi connectivity index (χ4v) is 2.09. The molecule has 108 valence electrons. The molecule has 0 aromatic carbocycles. The van der Waals surface area contributed by atoms with Gasteiger partial charge in [-0.2, -0.15) is 5.10 Å². The molecule has 2 N–H and O–H groups in total. The molecule has 0 aliphatic carbocycles. The lowest BCUT2D eigenvalue weighted by molar-refractivity contribution is 0.541. The second-order valence-electron chi connectivity index (χ2n) is 4.43. The molecule has 1 aromatic heterocycles. The third kappa shape index (κ3) is 5.32. The Morgan fingerprint density at radius 2 is 2.05 bits per heavy atom. The summed E-state index contributed by atoms with van der Waals surface area (Å²) in [4.78, 5) is 12.0. The maximum atomic E-state index is 12.0. The van der Waals surface area contributed by atoms with Gasteiger partial charge in [0.15, 0.2) is 0 Å². The van der Waals surface area contributed by atoms with Gasteiger partial charge in [-0.15, -0.1) is 0 Å². The van der Waals surface area contributed by atoms with Crippen molar-refractivity contribution in [2.45, 2.75) is 39.7 Å². The second kappa shape index (κ2) is 9.09. The van der Waals surface area contributed by atoms with Crippen molar-refractivity contribution in [2.24, 2.45) is 0 Å². The lowest BCUT2D eigenvalue weighted by atomic mass is 10.3. The van der Waals surface area contributed by atoms with Crippen molar-refractivity contribution < 1.29 is 0 Å². The van der Waals surface area contributed by atoms with E-state index in [0.717, 1.165) is 44.6 Å². The second-order valence-corrected chi connectivity index (χ2v) is 5.22. The molecule has 0 aliphatic heterocycles. The standard InChI is InChI=1S/C13H23BrN4O/c1-3-5-9-18-13(19)12(14)11(10-17-18)16-8-7-15-6-4-2/h10,15-16H,3-9H2,1-2H3. The summed E-state index contributed by atoms with van der Waals surface area (Å²) in [5.74, 6) is 0. The Kier molecular flexibility index (Phi) is 7.74. The lowest BCUT2D eigenvalue weighted by Gasteiger charge is -2.10. The molecule has 0 radical (unpaired) electrons. The van der Waals surface area contributed by atoms with Crippen LogP contribution >= 0.6 is 15.9 Å². The first-order valence-corrected chi connectivity index (χ1v) is 7.70. The number of nitrogens with one attached hydrogen (secondary N) is 2. The number of rotatable bonds is 9. The summed E-state index contributed by atoms with van der Waals surface area (Å²) in [5.41, 5.74) is 0.691. The van der Waals surface area contributed by atoms with Gasteiger partial charge in [-0.3, -0.25) is 4.79 Å². The number of unbranched alkanes of at least 4 members (excludes halogenated alkanes) is 1. The third-order valence-corrected chi connectivity index (χ3v) is 3.52. The summed E-state index contributed by atoms with van der Waals surface area (Å²) in [6.45, 7) is 7.57. The van der Waals surface area contributed by atoms with Crippen molar-refractivity contribution >= 4 is 21.6 Å². The molecule has 0 bridgehead atoms. The van der Waals surface area contributed by atoms with E-state index in [0.29, 0.717) is 11.0 Å². The summed E-state index contributed by atoms with van der Waals surface area (Å²) < 4.78 is 2.07. The highest BCUT2D eigenvalue weighted by Crippen LogP contribution is 2.15. The van der Waals surface area contributed by atoms with Crippen LogP contribution in [0.5, 0.6) is 0 Å². The van der Waals surface area contributed by atoms with Crippen LogP contribution in [0, 0.1) is 0 Å². The molecule has 19 heavy (non-hydrogen) atoms. The SMILES string of the molecule is CCCCn1ncc(NCCNCCC)c(Br)c1=O. The van der Waals surface area contributed by atoms with Gasteiger partial charge in [-0.25, -0.2) is 4.68 Å². The van der Waals surface area contributed by atoms with E-state index >= 15 is 0 Å². The van der Waals surface area contributed by atoms with Crippen molar-refractivity contribution in [2.75, 3.05) is 25.0 Å². The fourth-order valence-electron chi connectivity index (χ4n) is 1.64. The average Bonchev–Trinajstić information content (AvgIpc) is 2.42. The molecule has 1 rings (SSSR count). The number of hydrogen-bond donors (Lipinski definition) is 2. The van der Waals surface area contributed by atoms with Gasteiger partial charge >= 0.3 is 0 Å². The minimum absolute atomic E-state index is 0.0695. The molecule has 1 heterocycles. The quantitative estimate of drug-likeness (QED) is 0.681. The van der Waals surface area contributed by atoms with Gasteiger partial charge in [0.05, 0.1) is 11.9 Å². The zero-order chi connectivity index (χ0) is 14.1. The fraction of sp³-hybridized carbons (Fsp3) is 0.692. The first-order valence-electron chi connectivity index (χ1n) is 6.90. The summed E-state index contributed by atoms with van der Waals surface area (Å²) in [7, 11) is 0. The van der Waals surface area contributed by atoms with Gasteiger partial charge in [-0.1, -0.05) is 20.3 Å². The van der Waals surface area contributed by atoms with E-state index in [2.05, 4.69) is 45.5 Å². The number of halogens is 1. The molecule has 6 heteroatoms. The average molecular weight is 331 g/mol. The molecule has 0 atom stereocenters. The minimum atomic E-state index is -0.0695. The topological polar surface area (TPSA) is 59.0 Å². The largest absolute Gasteiger partial charge is 0.381 e. The van der Waals surface area contributed by atoms with Gasteiger partial charge in [0.2, 0.25) is 0 Å². The van der Waals surface area contributed by atoms with Crippen LogP contribution in [0.25, 0.3) is 0 Å². The number of anilines is 1. The maximum absolute atomic E-state index is 12.0. The molecule has 0 fully saturated rings. The van der Waals surface area contributed by atoms with Crippen molar-refractivity contribution in [1.29, 1.82) is 0 Å². The maximum Gasteiger partial charge on any atom is 0.283 e. The van der Waals surface area contributed by atoms with Crippen LogP contribution in [0.1, 0.15) is 33.1 Å². The minimum Gasteiger partial charge on any atom is -0.381 e. The van der Waals surface area contributed by atoms with Crippen LogP contribution < -0.4 is 16.2 Å². The van der Waals surface area contributed by atoms with Crippen LogP contribution in [0.15, 0.2) is 15.5 Å². The van der Waals surface area contributed by atoms with Crippen molar-refractivity contribution in [1.82, 2.24) is 15.1 Å². The number of aryl methyl sites for hydroxylation is 1. The van der Waals surface area contributed by atoms with Gasteiger partial charge in [0.1, 0.15) is 4.47 Å². The zero-order valence-corrected chi connectivity index (χ0v) is 13.3. The van der Waals surface area contributed by atoms with E-state index in [4.69, 9.17) is 0 Å². The Morgan fingerprint density at radius 3 is 2.74 bits per heavy atom. The van der Waals surface area contributed by atoms with Crippen LogP contribution in [-0.2, 0) is 6.54 Å². The Balaban J connectivity index is 2.56. The monoisotopic (exact) mass is 330 g/mol. The summed E-state index contributed by atoms with van der Waals surface area (Å²) in [6, 6.07) is 0. The number of hydrogen-bond acceptors (Lipinski definition) is 4. The Hall–Kier alpha value is -0.880. The molecule has 0 saturated heterocycles.